The minimum Gasteiger partial charge on any atom is -0.385 e. The van der Waals surface area contributed by atoms with Gasteiger partial charge in [-0.15, -0.1) is 0 Å². The van der Waals surface area contributed by atoms with Gasteiger partial charge in [-0.2, -0.15) is 13.2 Å². The van der Waals surface area contributed by atoms with Gasteiger partial charge in [0.1, 0.15) is 6.10 Å². The van der Waals surface area contributed by atoms with Crippen LogP contribution in [0.5, 0.6) is 0 Å². The largest absolute Gasteiger partial charge is 0.416 e. The van der Waals surface area contributed by atoms with Gasteiger partial charge < -0.3 is 9.84 Å². The molecular formula is C15H19F3O2. The lowest BCUT2D eigenvalue weighted by Gasteiger charge is -2.38. The standard InChI is InChI=1S/C15H19F3O2/c1-10-9-11(15(16,17)18)5-6-12(10)13(19)14(2)7-3-4-8-20-14/h5-6,9,13,19H,3-4,7-8H2,1-2H3. The molecule has 112 valence electrons. The Bertz CT molecular complexity index is 476. The van der Waals surface area contributed by atoms with Crippen LogP contribution in [0, 0.1) is 6.92 Å². The van der Waals surface area contributed by atoms with Crippen LogP contribution in [0.1, 0.15) is 49.0 Å². The number of rotatable bonds is 2. The Kier molecular flexibility index (Phi) is 4.12. The molecule has 0 aromatic heterocycles. The highest BCUT2D eigenvalue weighted by Gasteiger charge is 2.38. The van der Waals surface area contributed by atoms with Crippen LogP contribution in [-0.4, -0.2) is 17.3 Å². The molecule has 0 aliphatic carbocycles. The average molecular weight is 288 g/mol. The van der Waals surface area contributed by atoms with E-state index in [4.69, 9.17) is 4.74 Å². The van der Waals surface area contributed by atoms with E-state index in [0.717, 1.165) is 25.0 Å². The Hall–Kier alpha value is -1.07. The van der Waals surface area contributed by atoms with E-state index in [1.807, 2.05) is 6.92 Å². The molecular weight excluding hydrogens is 269 g/mol. The monoisotopic (exact) mass is 288 g/mol. The molecule has 2 unspecified atom stereocenters. The van der Waals surface area contributed by atoms with Crippen molar-refractivity contribution in [2.24, 2.45) is 0 Å². The molecule has 2 rings (SSSR count). The molecule has 0 radical (unpaired) electrons. The number of aliphatic hydroxyl groups excluding tert-OH is 1. The molecule has 1 heterocycles. The van der Waals surface area contributed by atoms with Gasteiger partial charge in [0, 0.05) is 6.61 Å². The molecule has 0 amide bonds. The summed E-state index contributed by atoms with van der Waals surface area (Å²) in [6.45, 7) is 3.97. The van der Waals surface area contributed by atoms with Crippen LogP contribution in [0.3, 0.4) is 0 Å². The summed E-state index contributed by atoms with van der Waals surface area (Å²) in [4.78, 5) is 0. The summed E-state index contributed by atoms with van der Waals surface area (Å²) in [7, 11) is 0. The molecule has 0 saturated carbocycles. The lowest BCUT2D eigenvalue weighted by molar-refractivity contribution is -0.139. The molecule has 1 aliphatic heterocycles. The quantitative estimate of drug-likeness (QED) is 0.891. The predicted octanol–water partition coefficient (Wildman–Crippen LogP) is 4.01. The zero-order chi connectivity index (χ0) is 15.0. The van der Waals surface area contributed by atoms with Crippen molar-refractivity contribution >= 4 is 0 Å². The van der Waals surface area contributed by atoms with E-state index in [1.165, 1.54) is 6.07 Å². The van der Waals surface area contributed by atoms with Crippen LogP contribution in [0.25, 0.3) is 0 Å². The second-order valence-corrected chi connectivity index (χ2v) is 5.59. The van der Waals surface area contributed by atoms with Gasteiger partial charge in [-0.25, -0.2) is 0 Å². The molecule has 5 heteroatoms. The van der Waals surface area contributed by atoms with Crippen LogP contribution in [0.4, 0.5) is 13.2 Å². The maximum absolute atomic E-state index is 12.6. The summed E-state index contributed by atoms with van der Waals surface area (Å²) in [5.41, 5.74) is -0.478. The van der Waals surface area contributed by atoms with Crippen molar-refractivity contribution in [3.05, 3.63) is 34.9 Å². The maximum atomic E-state index is 12.6. The number of aryl methyl sites for hydroxylation is 1. The molecule has 20 heavy (non-hydrogen) atoms. The average Bonchev–Trinajstić information content (AvgIpc) is 2.37. The van der Waals surface area contributed by atoms with Gasteiger partial charge in [0.15, 0.2) is 0 Å². The highest BCUT2D eigenvalue weighted by molar-refractivity contribution is 5.35. The van der Waals surface area contributed by atoms with E-state index in [-0.39, 0.29) is 0 Å². The molecule has 2 nitrogen and oxygen atoms in total. The van der Waals surface area contributed by atoms with Crippen molar-refractivity contribution < 1.29 is 23.0 Å². The molecule has 2 atom stereocenters. The van der Waals surface area contributed by atoms with E-state index < -0.39 is 23.4 Å². The third-order valence-corrected chi connectivity index (χ3v) is 3.97. The fourth-order valence-electron chi connectivity index (χ4n) is 2.66. The number of aliphatic hydroxyl groups is 1. The van der Waals surface area contributed by atoms with Crippen molar-refractivity contribution in [2.45, 2.75) is 51.0 Å². The van der Waals surface area contributed by atoms with Crippen molar-refractivity contribution in [1.82, 2.24) is 0 Å². The lowest BCUT2D eigenvalue weighted by atomic mass is 9.84. The van der Waals surface area contributed by atoms with Crippen LogP contribution in [0.15, 0.2) is 18.2 Å². The van der Waals surface area contributed by atoms with E-state index in [0.29, 0.717) is 24.2 Å². The van der Waals surface area contributed by atoms with E-state index in [2.05, 4.69) is 0 Å². The van der Waals surface area contributed by atoms with Crippen LogP contribution in [-0.2, 0) is 10.9 Å². The van der Waals surface area contributed by atoms with Gasteiger partial charge in [-0.05, 0) is 56.4 Å². The minimum atomic E-state index is -4.36. The first-order chi connectivity index (χ1) is 9.24. The second-order valence-electron chi connectivity index (χ2n) is 5.59. The van der Waals surface area contributed by atoms with Gasteiger partial charge in [0.2, 0.25) is 0 Å². The molecule has 1 aromatic rings. The van der Waals surface area contributed by atoms with Gasteiger partial charge in [-0.3, -0.25) is 0 Å². The minimum absolute atomic E-state index is 0.433. The number of ether oxygens (including phenoxy) is 1. The third-order valence-electron chi connectivity index (χ3n) is 3.97. The van der Waals surface area contributed by atoms with Crippen molar-refractivity contribution in [3.63, 3.8) is 0 Å². The Balaban J connectivity index is 2.28. The second kappa shape index (κ2) is 5.37. The number of halogens is 3. The lowest BCUT2D eigenvalue weighted by Crippen LogP contribution is -2.39. The van der Waals surface area contributed by atoms with Gasteiger partial charge in [0.25, 0.3) is 0 Å². The van der Waals surface area contributed by atoms with Crippen molar-refractivity contribution in [1.29, 1.82) is 0 Å². The highest BCUT2D eigenvalue weighted by atomic mass is 19.4. The molecule has 1 aliphatic rings. The first-order valence-electron chi connectivity index (χ1n) is 6.74. The topological polar surface area (TPSA) is 29.5 Å². The Morgan fingerprint density at radius 3 is 2.50 bits per heavy atom. The maximum Gasteiger partial charge on any atom is 0.416 e. The number of hydrogen-bond donors (Lipinski definition) is 1. The molecule has 1 fully saturated rings. The van der Waals surface area contributed by atoms with Crippen LogP contribution >= 0.6 is 0 Å². The zero-order valence-corrected chi connectivity index (χ0v) is 11.6. The van der Waals surface area contributed by atoms with Crippen LogP contribution < -0.4 is 0 Å². The Morgan fingerprint density at radius 1 is 1.30 bits per heavy atom. The fraction of sp³-hybridized carbons (Fsp3) is 0.600. The Labute approximate surface area is 116 Å². The fourth-order valence-corrected chi connectivity index (χ4v) is 2.66. The number of hydrogen-bond acceptors (Lipinski definition) is 2. The van der Waals surface area contributed by atoms with E-state index in [9.17, 15) is 18.3 Å². The smallest absolute Gasteiger partial charge is 0.385 e. The third kappa shape index (κ3) is 2.99. The van der Waals surface area contributed by atoms with E-state index in [1.54, 1.807) is 6.92 Å². The summed E-state index contributed by atoms with van der Waals surface area (Å²) in [6, 6.07) is 3.44. The first kappa shape index (κ1) is 15.3. The first-order valence-corrected chi connectivity index (χ1v) is 6.74. The molecule has 0 spiro atoms. The highest BCUT2D eigenvalue weighted by Crippen LogP contribution is 2.39. The predicted molar refractivity (Wildman–Crippen MR) is 69.3 cm³/mol. The SMILES string of the molecule is Cc1cc(C(F)(F)F)ccc1C(O)C1(C)CCCCO1. The van der Waals surface area contributed by atoms with Crippen molar-refractivity contribution in [2.75, 3.05) is 6.61 Å². The summed E-state index contributed by atoms with van der Waals surface area (Å²) >= 11 is 0. The summed E-state index contributed by atoms with van der Waals surface area (Å²) in [5, 5.41) is 10.5. The molecule has 0 bridgehead atoms. The normalized spacial score (nSPS) is 25.5. The summed E-state index contributed by atoms with van der Waals surface area (Å²) < 4.78 is 43.6. The number of benzene rings is 1. The van der Waals surface area contributed by atoms with Gasteiger partial charge >= 0.3 is 6.18 Å². The molecule has 1 saturated heterocycles. The number of alkyl halides is 3. The Morgan fingerprint density at radius 2 is 2.00 bits per heavy atom. The van der Waals surface area contributed by atoms with Crippen molar-refractivity contribution in [3.8, 4) is 0 Å². The van der Waals surface area contributed by atoms with E-state index >= 15 is 0 Å². The van der Waals surface area contributed by atoms with Gasteiger partial charge in [-0.1, -0.05) is 6.07 Å². The molecule has 1 N–H and O–H groups in total. The zero-order valence-electron chi connectivity index (χ0n) is 11.6. The summed E-state index contributed by atoms with van der Waals surface area (Å²) in [5.74, 6) is 0. The molecule has 1 aromatic carbocycles. The van der Waals surface area contributed by atoms with Crippen LogP contribution in [0.2, 0.25) is 0 Å². The summed E-state index contributed by atoms with van der Waals surface area (Å²) in [6.07, 6.45) is -2.67. The van der Waals surface area contributed by atoms with Gasteiger partial charge in [0.05, 0.1) is 11.2 Å².